The van der Waals surface area contributed by atoms with Gasteiger partial charge in [-0.15, -0.1) is 0 Å². The minimum absolute atomic E-state index is 0.0814. The number of aromatic nitrogens is 5. The van der Waals surface area contributed by atoms with Crippen molar-refractivity contribution in [1.29, 1.82) is 0 Å². The summed E-state index contributed by atoms with van der Waals surface area (Å²) >= 11 is 0. The number of alkyl halides is 2. The van der Waals surface area contributed by atoms with Crippen LogP contribution in [0.1, 0.15) is 70.0 Å². The normalized spacial score (nSPS) is 14.8. The van der Waals surface area contributed by atoms with Crippen molar-refractivity contribution in [1.82, 2.24) is 33.9 Å². The number of nitrogens with zero attached hydrogens (tertiary/aromatic N) is 7. The molecule has 7 rings (SSSR count). The van der Waals surface area contributed by atoms with E-state index in [4.69, 9.17) is 9.72 Å². The lowest BCUT2D eigenvalue weighted by Gasteiger charge is -2.32. The lowest BCUT2D eigenvalue weighted by molar-refractivity contribution is 0.0666. The summed E-state index contributed by atoms with van der Waals surface area (Å²) in [4.78, 5) is 19.2. The molecular weight excluding hydrogens is 632 g/mol. The van der Waals surface area contributed by atoms with Crippen LogP contribution in [0.5, 0.6) is 5.75 Å². The molecule has 8 nitrogen and oxygen atoms in total. The average Bonchev–Trinajstić information content (AvgIpc) is 3.69. The van der Waals surface area contributed by atoms with Gasteiger partial charge in [-0.25, -0.2) is 9.97 Å². The van der Waals surface area contributed by atoms with Crippen LogP contribution in [-0.2, 0) is 19.6 Å². The Morgan fingerprint density at radius 1 is 0.780 bits per heavy atom. The molecule has 50 heavy (non-hydrogen) atoms. The highest BCUT2D eigenvalue weighted by Gasteiger charge is 2.25. The Morgan fingerprint density at radius 2 is 1.54 bits per heavy atom. The quantitative estimate of drug-likeness (QED) is 0.122. The number of benzene rings is 3. The van der Waals surface area contributed by atoms with Crippen LogP contribution in [0.2, 0.25) is 0 Å². The smallest absolute Gasteiger partial charge is 0.320 e. The Balaban J connectivity index is 1.15. The number of pyridine rings is 1. The third-order valence-electron chi connectivity index (χ3n) is 9.87. The molecule has 6 aromatic rings. The molecule has 1 saturated heterocycles. The van der Waals surface area contributed by atoms with Crippen molar-refractivity contribution in [2.75, 3.05) is 19.7 Å². The fourth-order valence-corrected chi connectivity index (χ4v) is 7.10. The molecule has 4 heterocycles. The molecule has 3 aromatic carbocycles. The standard InChI is InChI=1S/C40H45F2N7O/c1-28(2)47(27-38-44-34-14-8-9-15-37(34)49(38)40(41)42)26-32-24-31(18-19-43-32)30-16-17-36-35(25-30)45-39(29(3)46-20-10-5-11-21-46)48(36)22-23-50-33-12-6-4-7-13-33/h4,6-9,12-19,24-25,28-29,40H,5,10-11,20-23,26-27H2,1-3H3. The fourth-order valence-electron chi connectivity index (χ4n) is 7.10. The zero-order valence-electron chi connectivity index (χ0n) is 29.1. The number of hydrogen-bond acceptors (Lipinski definition) is 6. The summed E-state index contributed by atoms with van der Waals surface area (Å²) in [5.74, 6) is 2.27. The van der Waals surface area contributed by atoms with Gasteiger partial charge in [-0.3, -0.25) is 19.4 Å². The van der Waals surface area contributed by atoms with Crippen LogP contribution in [0.3, 0.4) is 0 Å². The molecule has 0 amide bonds. The van der Waals surface area contributed by atoms with E-state index in [9.17, 15) is 8.78 Å². The number of rotatable bonds is 13. The molecule has 0 N–H and O–H groups in total. The first-order valence-electron chi connectivity index (χ1n) is 17.7. The molecule has 0 bridgehead atoms. The Morgan fingerprint density at radius 3 is 2.32 bits per heavy atom. The SMILES string of the molecule is CC(C)N(Cc1cc(-c2ccc3c(c2)nc(C(C)N2CCCCC2)n3CCOc2ccccc2)ccn1)Cc1nc2ccccc2n1C(F)F. The molecule has 1 unspecified atom stereocenters. The van der Waals surface area contributed by atoms with E-state index in [0.29, 0.717) is 36.6 Å². The number of likely N-dealkylation sites (tertiary alicyclic amines) is 1. The van der Waals surface area contributed by atoms with Crippen LogP contribution in [0.25, 0.3) is 33.2 Å². The van der Waals surface area contributed by atoms with E-state index in [-0.39, 0.29) is 18.6 Å². The van der Waals surface area contributed by atoms with Crippen LogP contribution in [0.15, 0.2) is 91.1 Å². The van der Waals surface area contributed by atoms with E-state index >= 15 is 0 Å². The highest BCUT2D eigenvalue weighted by atomic mass is 19.3. The maximum absolute atomic E-state index is 14.2. The van der Waals surface area contributed by atoms with Crippen LogP contribution in [0, 0.1) is 0 Å². The van der Waals surface area contributed by atoms with Gasteiger partial charge in [-0.1, -0.05) is 42.8 Å². The molecular formula is C40H45F2N7O. The van der Waals surface area contributed by atoms with E-state index in [2.05, 4.69) is 69.4 Å². The second-order valence-corrected chi connectivity index (χ2v) is 13.5. The molecule has 1 aliphatic heterocycles. The lowest BCUT2D eigenvalue weighted by atomic mass is 10.1. The zero-order valence-corrected chi connectivity index (χ0v) is 29.1. The summed E-state index contributed by atoms with van der Waals surface area (Å²) in [5.41, 5.74) is 6.00. The number of fused-ring (bicyclic) bond motifs is 2. The molecule has 0 saturated carbocycles. The van der Waals surface area contributed by atoms with Gasteiger partial charge in [0.05, 0.1) is 46.9 Å². The Labute approximate surface area is 292 Å². The first-order valence-corrected chi connectivity index (χ1v) is 17.7. The lowest BCUT2D eigenvalue weighted by Crippen LogP contribution is -2.34. The summed E-state index contributed by atoms with van der Waals surface area (Å²) in [7, 11) is 0. The number of ether oxygens (including phenoxy) is 1. The van der Waals surface area contributed by atoms with Gasteiger partial charge in [0.1, 0.15) is 24.0 Å². The fraction of sp³-hybridized carbons (Fsp3) is 0.375. The van der Waals surface area contributed by atoms with E-state index < -0.39 is 6.55 Å². The van der Waals surface area contributed by atoms with Crippen molar-refractivity contribution >= 4 is 22.1 Å². The summed E-state index contributed by atoms with van der Waals surface area (Å²) in [6.07, 6.45) is 5.55. The highest BCUT2D eigenvalue weighted by molar-refractivity contribution is 5.83. The van der Waals surface area contributed by atoms with E-state index in [0.717, 1.165) is 57.1 Å². The molecule has 3 aromatic heterocycles. The van der Waals surface area contributed by atoms with Crippen molar-refractivity contribution < 1.29 is 13.5 Å². The van der Waals surface area contributed by atoms with Crippen molar-refractivity contribution in [3.8, 4) is 16.9 Å². The summed E-state index contributed by atoms with van der Waals surface area (Å²) < 4.78 is 37.9. The largest absolute Gasteiger partial charge is 0.492 e. The minimum Gasteiger partial charge on any atom is -0.492 e. The van der Waals surface area contributed by atoms with Crippen molar-refractivity contribution in [3.63, 3.8) is 0 Å². The molecule has 0 spiro atoms. The Bertz CT molecular complexity index is 2030. The van der Waals surface area contributed by atoms with Crippen molar-refractivity contribution in [2.45, 2.75) is 78.3 Å². The summed E-state index contributed by atoms with van der Waals surface area (Å²) in [6.45, 7) is 7.92. The van der Waals surface area contributed by atoms with Gasteiger partial charge in [0.2, 0.25) is 0 Å². The monoisotopic (exact) mass is 677 g/mol. The van der Waals surface area contributed by atoms with Gasteiger partial charge in [0.25, 0.3) is 0 Å². The van der Waals surface area contributed by atoms with Gasteiger partial charge >= 0.3 is 6.55 Å². The molecule has 1 aliphatic rings. The number of piperidine rings is 1. The maximum Gasteiger partial charge on any atom is 0.320 e. The number of hydrogen-bond donors (Lipinski definition) is 0. The van der Waals surface area contributed by atoms with Crippen molar-refractivity contribution in [2.24, 2.45) is 0 Å². The second-order valence-electron chi connectivity index (χ2n) is 13.5. The van der Waals surface area contributed by atoms with Gasteiger partial charge in [-0.2, -0.15) is 8.78 Å². The summed E-state index contributed by atoms with van der Waals surface area (Å²) in [6, 6.07) is 27.9. The zero-order chi connectivity index (χ0) is 34.6. The Hall–Kier alpha value is -4.67. The molecule has 0 radical (unpaired) electrons. The third-order valence-corrected chi connectivity index (χ3v) is 9.87. The first-order chi connectivity index (χ1) is 24.4. The number of halogens is 2. The van der Waals surface area contributed by atoms with Gasteiger partial charge in [0.15, 0.2) is 0 Å². The topological polar surface area (TPSA) is 64.2 Å². The van der Waals surface area contributed by atoms with Crippen LogP contribution in [-0.4, -0.2) is 59.6 Å². The van der Waals surface area contributed by atoms with Gasteiger partial charge in [-0.05, 0) is 106 Å². The van der Waals surface area contributed by atoms with Crippen LogP contribution >= 0.6 is 0 Å². The third kappa shape index (κ3) is 7.27. The molecule has 10 heteroatoms. The predicted molar refractivity (Wildman–Crippen MR) is 194 cm³/mol. The molecule has 1 fully saturated rings. The number of para-hydroxylation sites is 3. The van der Waals surface area contributed by atoms with Gasteiger partial charge in [0, 0.05) is 18.8 Å². The maximum atomic E-state index is 14.2. The highest BCUT2D eigenvalue weighted by Crippen LogP contribution is 2.31. The molecule has 0 aliphatic carbocycles. The minimum atomic E-state index is -2.67. The second kappa shape index (κ2) is 15.1. The summed E-state index contributed by atoms with van der Waals surface area (Å²) in [5, 5.41) is 0. The number of imidazole rings is 2. The average molecular weight is 678 g/mol. The van der Waals surface area contributed by atoms with E-state index in [1.165, 1.54) is 19.3 Å². The van der Waals surface area contributed by atoms with Gasteiger partial charge < -0.3 is 9.30 Å². The van der Waals surface area contributed by atoms with E-state index in [1.54, 1.807) is 18.2 Å². The predicted octanol–water partition coefficient (Wildman–Crippen LogP) is 8.88. The Kier molecular flexibility index (Phi) is 10.2. The van der Waals surface area contributed by atoms with Crippen LogP contribution < -0.4 is 4.74 Å². The van der Waals surface area contributed by atoms with E-state index in [1.807, 2.05) is 48.7 Å². The van der Waals surface area contributed by atoms with Crippen molar-refractivity contribution in [3.05, 3.63) is 108 Å². The molecule has 260 valence electrons. The molecule has 1 atom stereocenters. The first kappa shape index (κ1) is 33.8. The van der Waals surface area contributed by atoms with Crippen LogP contribution in [0.4, 0.5) is 8.78 Å².